The van der Waals surface area contributed by atoms with Gasteiger partial charge in [0.25, 0.3) is 0 Å². The molecule has 4 rings (SSSR count). The molecule has 0 spiro atoms. The maximum Gasteiger partial charge on any atom is 0.107 e. The molecule has 0 N–H and O–H groups in total. The van der Waals surface area contributed by atoms with Crippen LogP contribution in [0.5, 0.6) is 0 Å². The van der Waals surface area contributed by atoms with Gasteiger partial charge in [-0.05, 0) is 16.7 Å². The Bertz CT molecular complexity index is 716. The first-order valence-electron chi connectivity index (χ1n) is 7.83. The van der Waals surface area contributed by atoms with E-state index in [4.69, 9.17) is 4.74 Å². The average Bonchev–Trinajstić information content (AvgIpc) is 3.10. The molecule has 0 aliphatic carbocycles. The number of ether oxygens (including phenoxy) is 1. The molecule has 3 aromatic rings. The highest BCUT2D eigenvalue weighted by Gasteiger charge is 2.48. The van der Waals surface area contributed by atoms with Gasteiger partial charge in [-0.15, -0.1) is 11.8 Å². The summed E-state index contributed by atoms with van der Waals surface area (Å²) >= 11 is 1.88. The highest BCUT2D eigenvalue weighted by atomic mass is 32.2. The van der Waals surface area contributed by atoms with Gasteiger partial charge in [-0.25, -0.2) is 0 Å². The standard InChI is InChI=1S/C21H18OS/c1-4-10-17(11-5-1)20-21(23-16-22-20,18-12-6-2-7-13-18)19-14-8-3-9-15-19/h1-15,20H,16H2. The second-order valence-corrected chi connectivity index (χ2v) is 6.86. The van der Waals surface area contributed by atoms with Crippen LogP contribution in [0.4, 0.5) is 0 Å². The lowest BCUT2D eigenvalue weighted by molar-refractivity contribution is 0.0886. The van der Waals surface area contributed by atoms with Crippen LogP contribution in [0.2, 0.25) is 0 Å². The van der Waals surface area contributed by atoms with Crippen LogP contribution in [0.15, 0.2) is 91.0 Å². The first-order chi connectivity index (χ1) is 11.4. The van der Waals surface area contributed by atoms with Crippen molar-refractivity contribution in [2.45, 2.75) is 10.9 Å². The summed E-state index contributed by atoms with van der Waals surface area (Å²) in [6.07, 6.45) is 0.0125. The Labute approximate surface area is 141 Å². The third kappa shape index (κ3) is 2.48. The highest BCUT2D eigenvalue weighted by molar-refractivity contribution is 8.00. The minimum absolute atomic E-state index is 0.0125. The van der Waals surface area contributed by atoms with E-state index in [1.165, 1.54) is 16.7 Å². The van der Waals surface area contributed by atoms with Gasteiger partial charge in [0, 0.05) is 0 Å². The fourth-order valence-electron chi connectivity index (χ4n) is 3.35. The molecule has 114 valence electrons. The van der Waals surface area contributed by atoms with E-state index in [0.717, 1.165) is 0 Å². The third-order valence-corrected chi connectivity index (χ3v) is 5.79. The summed E-state index contributed by atoms with van der Waals surface area (Å²) in [6.45, 7) is 0. The zero-order valence-electron chi connectivity index (χ0n) is 12.8. The van der Waals surface area contributed by atoms with E-state index in [0.29, 0.717) is 5.94 Å². The topological polar surface area (TPSA) is 9.23 Å². The number of thioether (sulfide) groups is 1. The van der Waals surface area contributed by atoms with Crippen molar-refractivity contribution < 1.29 is 4.74 Å². The van der Waals surface area contributed by atoms with Crippen molar-refractivity contribution in [1.29, 1.82) is 0 Å². The quantitative estimate of drug-likeness (QED) is 0.640. The predicted octanol–water partition coefficient (Wildman–Crippen LogP) is 5.39. The van der Waals surface area contributed by atoms with Gasteiger partial charge in [0.1, 0.15) is 6.10 Å². The Morgan fingerprint density at radius 2 is 1.17 bits per heavy atom. The molecule has 23 heavy (non-hydrogen) atoms. The van der Waals surface area contributed by atoms with E-state index >= 15 is 0 Å². The van der Waals surface area contributed by atoms with Gasteiger partial charge < -0.3 is 4.74 Å². The summed E-state index contributed by atoms with van der Waals surface area (Å²) in [7, 11) is 0. The largest absolute Gasteiger partial charge is 0.361 e. The number of hydrogen-bond acceptors (Lipinski definition) is 2. The van der Waals surface area contributed by atoms with Gasteiger partial charge in [0.2, 0.25) is 0 Å². The number of benzene rings is 3. The molecular weight excluding hydrogens is 300 g/mol. The molecule has 0 aromatic heterocycles. The summed E-state index contributed by atoms with van der Waals surface area (Å²) in [4.78, 5) is 0. The monoisotopic (exact) mass is 318 g/mol. The maximum atomic E-state index is 6.23. The van der Waals surface area contributed by atoms with Gasteiger partial charge in [-0.1, -0.05) is 91.0 Å². The van der Waals surface area contributed by atoms with E-state index in [2.05, 4.69) is 91.0 Å². The smallest absolute Gasteiger partial charge is 0.107 e. The molecule has 0 bridgehead atoms. The van der Waals surface area contributed by atoms with E-state index in [1.54, 1.807) is 0 Å². The van der Waals surface area contributed by atoms with Crippen LogP contribution in [-0.4, -0.2) is 5.94 Å². The number of hydrogen-bond donors (Lipinski definition) is 0. The van der Waals surface area contributed by atoms with Crippen molar-refractivity contribution in [3.63, 3.8) is 0 Å². The van der Waals surface area contributed by atoms with Crippen molar-refractivity contribution in [2.24, 2.45) is 0 Å². The first-order valence-corrected chi connectivity index (χ1v) is 8.81. The Kier molecular flexibility index (Phi) is 3.94. The van der Waals surface area contributed by atoms with Gasteiger partial charge in [-0.2, -0.15) is 0 Å². The fourth-order valence-corrected chi connectivity index (χ4v) is 4.71. The second-order valence-electron chi connectivity index (χ2n) is 5.69. The Morgan fingerprint density at radius 1 is 0.696 bits per heavy atom. The minimum atomic E-state index is -0.204. The van der Waals surface area contributed by atoms with Crippen LogP contribution >= 0.6 is 11.8 Å². The van der Waals surface area contributed by atoms with Crippen LogP contribution in [0, 0.1) is 0 Å². The molecule has 0 amide bonds. The molecule has 0 saturated carbocycles. The highest BCUT2D eigenvalue weighted by Crippen LogP contribution is 2.57. The zero-order chi connectivity index (χ0) is 15.5. The SMILES string of the molecule is c1ccc(C2OCSC2(c2ccccc2)c2ccccc2)cc1. The van der Waals surface area contributed by atoms with Gasteiger partial charge in [0.15, 0.2) is 0 Å². The maximum absolute atomic E-state index is 6.23. The molecule has 1 nitrogen and oxygen atoms in total. The Hall–Kier alpha value is -2.03. The van der Waals surface area contributed by atoms with Crippen molar-refractivity contribution in [1.82, 2.24) is 0 Å². The van der Waals surface area contributed by atoms with E-state index in [9.17, 15) is 0 Å². The van der Waals surface area contributed by atoms with Crippen molar-refractivity contribution in [3.05, 3.63) is 108 Å². The molecule has 1 aliphatic heterocycles. The van der Waals surface area contributed by atoms with Crippen LogP contribution < -0.4 is 0 Å². The van der Waals surface area contributed by atoms with Crippen LogP contribution in [0.3, 0.4) is 0 Å². The summed E-state index contributed by atoms with van der Waals surface area (Å²) in [5, 5.41) is 0. The summed E-state index contributed by atoms with van der Waals surface area (Å²) in [5.41, 5.74) is 3.82. The molecule has 0 radical (unpaired) electrons. The molecule has 1 atom stereocenters. The summed E-state index contributed by atoms with van der Waals surface area (Å²) < 4.78 is 6.02. The summed E-state index contributed by atoms with van der Waals surface area (Å²) in [6, 6.07) is 32.0. The fraction of sp³-hybridized carbons (Fsp3) is 0.143. The zero-order valence-corrected chi connectivity index (χ0v) is 13.6. The van der Waals surface area contributed by atoms with Crippen molar-refractivity contribution in [2.75, 3.05) is 5.94 Å². The van der Waals surface area contributed by atoms with Gasteiger partial charge in [-0.3, -0.25) is 0 Å². The molecule has 1 aliphatic rings. The molecule has 1 fully saturated rings. The van der Waals surface area contributed by atoms with Crippen molar-refractivity contribution in [3.8, 4) is 0 Å². The minimum Gasteiger partial charge on any atom is -0.361 e. The summed E-state index contributed by atoms with van der Waals surface area (Å²) in [5.74, 6) is 0.698. The number of rotatable bonds is 3. The van der Waals surface area contributed by atoms with Gasteiger partial charge >= 0.3 is 0 Å². The van der Waals surface area contributed by atoms with E-state index in [-0.39, 0.29) is 10.9 Å². The molecule has 1 unspecified atom stereocenters. The normalized spacial score (nSPS) is 19.6. The van der Waals surface area contributed by atoms with Crippen LogP contribution in [0.25, 0.3) is 0 Å². The predicted molar refractivity (Wildman–Crippen MR) is 96.4 cm³/mol. The Morgan fingerprint density at radius 3 is 1.70 bits per heavy atom. The molecule has 2 heteroatoms. The van der Waals surface area contributed by atoms with E-state index < -0.39 is 0 Å². The third-order valence-electron chi connectivity index (χ3n) is 4.40. The van der Waals surface area contributed by atoms with E-state index in [1.807, 2.05) is 11.8 Å². The molecular formula is C21H18OS. The molecule has 3 aromatic carbocycles. The lowest BCUT2D eigenvalue weighted by Gasteiger charge is -2.34. The lowest BCUT2D eigenvalue weighted by Crippen LogP contribution is -2.28. The van der Waals surface area contributed by atoms with Crippen LogP contribution in [0.1, 0.15) is 22.8 Å². The lowest BCUT2D eigenvalue weighted by atomic mass is 9.82. The first kappa shape index (κ1) is 14.6. The van der Waals surface area contributed by atoms with Crippen molar-refractivity contribution >= 4 is 11.8 Å². The second kappa shape index (κ2) is 6.23. The Balaban J connectivity index is 1.93. The average molecular weight is 318 g/mol. The molecule has 1 saturated heterocycles. The van der Waals surface area contributed by atoms with Gasteiger partial charge in [0.05, 0.1) is 10.7 Å². The molecule has 1 heterocycles. The van der Waals surface area contributed by atoms with Crippen LogP contribution in [-0.2, 0) is 9.48 Å².